The summed E-state index contributed by atoms with van der Waals surface area (Å²) < 4.78 is 18.6. The summed E-state index contributed by atoms with van der Waals surface area (Å²) >= 11 is 0. The lowest BCUT2D eigenvalue weighted by Gasteiger charge is -2.09. The fourth-order valence-corrected chi connectivity index (χ4v) is 2.27. The lowest BCUT2D eigenvalue weighted by atomic mass is 10.0. The number of aryl methyl sites for hydroxylation is 1. The molecule has 0 radical (unpaired) electrons. The van der Waals surface area contributed by atoms with Crippen molar-refractivity contribution in [1.82, 2.24) is 4.98 Å². The van der Waals surface area contributed by atoms with E-state index in [2.05, 4.69) is 11.9 Å². The number of benzene rings is 1. The number of nitrogens with one attached hydrogen (secondary N) is 1. The van der Waals surface area contributed by atoms with E-state index in [4.69, 9.17) is 4.74 Å². The zero-order valence-corrected chi connectivity index (χ0v) is 11.5. The lowest BCUT2D eigenvalue weighted by molar-refractivity contribution is 0.387. The molecule has 0 atom stereocenters. The van der Waals surface area contributed by atoms with Crippen LogP contribution in [-0.4, -0.2) is 12.1 Å². The quantitative estimate of drug-likeness (QED) is 0.919. The molecule has 1 heterocycles. The van der Waals surface area contributed by atoms with Crippen LogP contribution in [-0.2, 0) is 6.42 Å². The normalized spacial score (nSPS) is 10.9. The fraction of sp³-hybridized carbons (Fsp3) is 0.400. The van der Waals surface area contributed by atoms with Gasteiger partial charge in [0.05, 0.1) is 12.6 Å². The summed E-state index contributed by atoms with van der Waals surface area (Å²) in [5.41, 5.74) is 2.13. The Kier molecular flexibility index (Phi) is 3.88. The average molecular weight is 263 g/mol. The zero-order chi connectivity index (χ0) is 14.0. The number of pyridine rings is 1. The van der Waals surface area contributed by atoms with Crippen molar-refractivity contribution in [3.8, 4) is 5.75 Å². The first kappa shape index (κ1) is 13.6. The summed E-state index contributed by atoms with van der Waals surface area (Å²) in [7, 11) is 1.41. The van der Waals surface area contributed by atoms with E-state index in [0.29, 0.717) is 10.9 Å². The van der Waals surface area contributed by atoms with Gasteiger partial charge in [-0.05, 0) is 25.8 Å². The van der Waals surface area contributed by atoms with Crippen LogP contribution in [0.3, 0.4) is 0 Å². The molecule has 0 spiro atoms. The van der Waals surface area contributed by atoms with Gasteiger partial charge in [-0.3, -0.25) is 4.79 Å². The Bertz CT molecular complexity index is 661. The van der Waals surface area contributed by atoms with Crippen LogP contribution in [0.25, 0.3) is 10.9 Å². The molecule has 0 aliphatic heterocycles. The van der Waals surface area contributed by atoms with Crippen molar-refractivity contribution in [2.24, 2.45) is 0 Å². The van der Waals surface area contributed by atoms with Crippen LogP contribution in [0.1, 0.15) is 31.0 Å². The third kappa shape index (κ3) is 2.48. The molecular weight excluding hydrogens is 245 g/mol. The Morgan fingerprint density at radius 1 is 1.37 bits per heavy atom. The van der Waals surface area contributed by atoms with Gasteiger partial charge >= 0.3 is 0 Å². The number of H-pyrrole nitrogens is 1. The number of hydrogen-bond acceptors (Lipinski definition) is 2. The highest BCUT2D eigenvalue weighted by atomic mass is 19.1. The third-order valence-electron chi connectivity index (χ3n) is 3.37. The molecule has 4 heteroatoms. The Labute approximate surface area is 111 Å². The van der Waals surface area contributed by atoms with Crippen molar-refractivity contribution < 1.29 is 9.13 Å². The van der Waals surface area contributed by atoms with Gasteiger partial charge in [-0.2, -0.15) is 0 Å². The monoisotopic (exact) mass is 263 g/mol. The maximum absolute atomic E-state index is 13.7. The molecule has 3 nitrogen and oxygen atoms in total. The standard InChI is InChI=1S/C15H18FNO2/c1-4-5-6-10-9(2)17-13-8-14(19-3)12(16)7-11(13)15(10)18/h7-8H,4-6H2,1-3H3,(H,17,18). The summed E-state index contributed by atoms with van der Waals surface area (Å²) in [4.78, 5) is 15.5. The van der Waals surface area contributed by atoms with E-state index in [9.17, 15) is 9.18 Å². The highest BCUT2D eigenvalue weighted by molar-refractivity contribution is 5.81. The van der Waals surface area contributed by atoms with Gasteiger partial charge in [0.15, 0.2) is 17.0 Å². The molecule has 0 saturated heterocycles. The van der Waals surface area contributed by atoms with Crippen LogP contribution in [0.15, 0.2) is 16.9 Å². The van der Waals surface area contributed by atoms with Crippen molar-refractivity contribution in [3.63, 3.8) is 0 Å². The Morgan fingerprint density at radius 2 is 2.11 bits per heavy atom. The number of aromatic amines is 1. The summed E-state index contributed by atoms with van der Waals surface area (Å²) in [5, 5.41) is 0.384. The van der Waals surface area contributed by atoms with Crippen LogP contribution in [0, 0.1) is 12.7 Å². The SMILES string of the molecule is CCCCc1c(C)[nH]c2cc(OC)c(F)cc2c1=O. The van der Waals surface area contributed by atoms with Crippen LogP contribution in [0.4, 0.5) is 4.39 Å². The molecule has 1 aromatic heterocycles. The van der Waals surface area contributed by atoms with Gasteiger partial charge in [-0.25, -0.2) is 4.39 Å². The van der Waals surface area contributed by atoms with Crippen LogP contribution in [0.5, 0.6) is 5.75 Å². The molecular formula is C15H18FNO2. The molecule has 0 fully saturated rings. The van der Waals surface area contributed by atoms with Gasteiger partial charge in [0.2, 0.25) is 0 Å². The first-order valence-electron chi connectivity index (χ1n) is 6.47. The number of methoxy groups -OCH3 is 1. The number of ether oxygens (including phenoxy) is 1. The van der Waals surface area contributed by atoms with Gasteiger partial charge in [0.25, 0.3) is 0 Å². The van der Waals surface area contributed by atoms with Gasteiger partial charge in [-0.1, -0.05) is 13.3 Å². The molecule has 1 aromatic carbocycles. The number of fused-ring (bicyclic) bond motifs is 1. The third-order valence-corrected chi connectivity index (χ3v) is 3.37. The van der Waals surface area contributed by atoms with E-state index < -0.39 is 5.82 Å². The first-order chi connectivity index (χ1) is 9.08. The zero-order valence-electron chi connectivity index (χ0n) is 11.5. The van der Waals surface area contributed by atoms with Gasteiger partial charge < -0.3 is 9.72 Å². The van der Waals surface area contributed by atoms with Gasteiger partial charge in [0.1, 0.15) is 0 Å². The van der Waals surface area contributed by atoms with Crippen molar-refractivity contribution in [2.75, 3.05) is 7.11 Å². The predicted octanol–water partition coefficient (Wildman–Crippen LogP) is 3.33. The molecule has 0 saturated carbocycles. The second-order valence-corrected chi connectivity index (χ2v) is 4.69. The Morgan fingerprint density at radius 3 is 2.74 bits per heavy atom. The van der Waals surface area contributed by atoms with E-state index in [1.165, 1.54) is 19.2 Å². The Balaban J connectivity index is 2.67. The van der Waals surface area contributed by atoms with E-state index in [-0.39, 0.29) is 11.2 Å². The summed E-state index contributed by atoms with van der Waals surface area (Å²) in [5.74, 6) is -0.366. The molecule has 2 rings (SSSR count). The smallest absolute Gasteiger partial charge is 0.192 e. The topological polar surface area (TPSA) is 42.1 Å². The average Bonchev–Trinajstić information content (AvgIpc) is 2.39. The molecule has 0 unspecified atom stereocenters. The minimum atomic E-state index is -0.509. The maximum atomic E-state index is 13.7. The second-order valence-electron chi connectivity index (χ2n) is 4.69. The number of rotatable bonds is 4. The highest BCUT2D eigenvalue weighted by Crippen LogP contribution is 2.22. The largest absolute Gasteiger partial charge is 0.494 e. The van der Waals surface area contributed by atoms with E-state index in [1.807, 2.05) is 6.92 Å². The van der Waals surface area contributed by atoms with Gasteiger partial charge in [0, 0.05) is 22.7 Å². The molecule has 102 valence electrons. The van der Waals surface area contributed by atoms with E-state index in [0.717, 1.165) is 30.5 Å². The molecule has 2 aromatic rings. The summed E-state index contributed by atoms with van der Waals surface area (Å²) in [6.07, 6.45) is 2.70. The number of halogens is 1. The van der Waals surface area contributed by atoms with Crippen molar-refractivity contribution in [1.29, 1.82) is 0 Å². The maximum Gasteiger partial charge on any atom is 0.192 e. The second kappa shape index (κ2) is 5.43. The predicted molar refractivity (Wildman–Crippen MR) is 74.4 cm³/mol. The number of unbranched alkanes of at least 4 members (excludes halogenated alkanes) is 1. The van der Waals surface area contributed by atoms with Gasteiger partial charge in [-0.15, -0.1) is 0 Å². The van der Waals surface area contributed by atoms with E-state index in [1.54, 1.807) is 0 Å². The van der Waals surface area contributed by atoms with Crippen molar-refractivity contribution in [2.45, 2.75) is 33.1 Å². The van der Waals surface area contributed by atoms with Crippen LogP contribution >= 0.6 is 0 Å². The number of aromatic nitrogens is 1. The molecule has 0 bridgehead atoms. The molecule has 0 aliphatic carbocycles. The van der Waals surface area contributed by atoms with E-state index >= 15 is 0 Å². The summed E-state index contributed by atoms with van der Waals surface area (Å²) in [6.45, 7) is 3.96. The highest BCUT2D eigenvalue weighted by Gasteiger charge is 2.12. The first-order valence-corrected chi connectivity index (χ1v) is 6.47. The van der Waals surface area contributed by atoms with Crippen LogP contribution < -0.4 is 10.2 Å². The Hall–Kier alpha value is -1.84. The molecule has 1 N–H and O–H groups in total. The molecule has 19 heavy (non-hydrogen) atoms. The van der Waals surface area contributed by atoms with Crippen molar-refractivity contribution >= 4 is 10.9 Å². The number of hydrogen-bond donors (Lipinski definition) is 1. The molecule has 0 aliphatic rings. The molecule has 0 amide bonds. The minimum Gasteiger partial charge on any atom is -0.494 e. The lowest BCUT2D eigenvalue weighted by Crippen LogP contribution is -2.13. The van der Waals surface area contributed by atoms with Crippen LogP contribution in [0.2, 0.25) is 0 Å². The summed E-state index contributed by atoms with van der Waals surface area (Å²) in [6, 6.07) is 2.78. The fourth-order valence-electron chi connectivity index (χ4n) is 2.27. The van der Waals surface area contributed by atoms with Crippen molar-refractivity contribution in [3.05, 3.63) is 39.4 Å². The minimum absolute atomic E-state index is 0.0822.